The summed E-state index contributed by atoms with van der Waals surface area (Å²) in [5.41, 5.74) is 10.4. The second-order valence-electron chi connectivity index (χ2n) is 4.17. The van der Waals surface area contributed by atoms with Crippen LogP contribution in [0.5, 0.6) is 0 Å². The number of hydrogen-bond acceptors (Lipinski definition) is 4. The Morgan fingerprint density at radius 1 is 1.00 bits per heavy atom. The van der Waals surface area contributed by atoms with Gasteiger partial charge in [-0.05, 0) is 44.5 Å². The van der Waals surface area contributed by atoms with Crippen molar-refractivity contribution >= 4 is 29.7 Å². The van der Waals surface area contributed by atoms with Gasteiger partial charge in [0, 0.05) is 22.8 Å². The topological polar surface area (TPSA) is 63.8 Å². The fourth-order valence-electron chi connectivity index (χ4n) is 1.68. The molecule has 0 aliphatic carbocycles. The highest BCUT2D eigenvalue weighted by Gasteiger charge is 2.03. The quantitative estimate of drug-likeness (QED) is 0.818. The summed E-state index contributed by atoms with van der Waals surface area (Å²) in [6.07, 6.45) is 0. The zero-order valence-corrected chi connectivity index (χ0v) is 11.5. The van der Waals surface area contributed by atoms with Gasteiger partial charge in [-0.3, -0.25) is 0 Å². The van der Waals surface area contributed by atoms with Crippen LogP contribution >= 0.6 is 12.4 Å². The molecule has 0 aliphatic rings. The summed E-state index contributed by atoms with van der Waals surface area (Å²) >= 11 is 0. The molecule has 0 spiro atoms. The van der Waals surface area contributed by atoms with Gasteiger partial charge in [0.2, 0.25) is 5.95 Å². The normalized spacial score (nSPS) is 9.72. The van der Waals surface area contributed by atoms with E-state index in [4.69, 9.17) is 5.73 Å². The van der Waals surface area contributed by atoms with E-state index in [1.54, 1.807) is 0 Å². The van der Waals surface area contributed by atoms with Crippen LogP contribution in [0.4, 0.5) is 17.3 Å². The second-order valence-corrected chi connectivity index (χ2v) is 4.17. The van der Waals surface area contributed by atoms with E-state index in [2.05, 4.69) is 15.3 Å². The van der Waals surface area contributed by atoms with Gasteiger partial charge in [-0.25, -0.2) is 9.97 Å². The predicted octanol–water partition coefficient (Wildman–Crippen LogP) is 3.15. The van der Waals surface area contributed by atoms with E-state index in [0.717, 1.165) is 28.3 Å². The zero-order chi connectivity index (χ0) is 12.4. The fraction of sp³-hybridized carbons (Fsp3) is 0.231. The number of aryl methyl sites for hydroxylation is 3. The molecule has 0 atom stereocenters. The number of hydrogen-bond donors (Lipinski definition) is 2. The predicted molar refractivity (Wildman–Crippen MR) is 77.6 cm³/mol. The van der Waals surface area contributed by atoms with Crippen LogP contribution in [0, 0.1) is 20.8 Å². The van der Waals surface area contributed by atoms with Gasteiger partial charge < -0.3 is 11.1 Å². The van der Waals surface area contributed by atoms with Gasteiger partial charge in [0.1, 0.15) is 0 Å². The molecule has 1 heterocycles. The van der Waals surface area contributed by atoms with E-state index in [1.807, 2.05) is 45.0 Å². The van der Waals surface area contributed by atoms with Crippen LogP contribution in [0.1, 0.15) is 17.0 Å². The van der Waals surface area contributed by atoms with Crippen LogP contribution in [0.15, 0.2) is 24.3 Å². The molecule has 0 unspecified atom stereocenters. The molecule has 0 bridgehead atoms. The van der Waals surface area contributed by atoms with Crippen LogP contribution in [-0.2, 0) is 0 Å². The highest BCUT2D eigenvalue weighted by molar-refractivity contribution is 5.85. The van der Waals surface area contributed by atoms with E-state index >= 15 is 0 Å². The molecule has 96 valence electrons. The first kappa shape index (κ1) is 14.3. The molecule has 18 heavy (non-hydrogen) atoms. The third-order valence-electron chi connectivity index (χ3n) is 2.49. The van der Waals surface area contributed by atoms with Gasteiger partial charge >= 0.3 is 0 Å². The molecule has 2 aromatic rings. The van der Waals surface area contributed by atoms with E-state index < -0.39 is 0 Å². The minimum absolute atomic E-state index is 0. The number of nitrogens with one attached hydrogen (secondary N) is 1. The van der Waals surface area contributed by atoms with E-state index in [-0.39, 0.29) is 12.4 Å². The Hall–Kier alpha value is -1.81. The largest absolute Gasteiger partial charge is 0.399 e. The van der Waals surface area contributed by atoms with Crippen molar-refractivity contribution in [3.8, 4) is 0 Å². The summed E-state index contributed by atoms with van der Waals surface area (Å²) in [4.78, 5) is 8.67. The number of benzene rings is 1. The van der Waals surface area contributed by atoms with Crippen molar-refractivity contribution in [1.29, 1.82) is 0 Å². The molecule has 4 nitrogen and oxygen atoms in total. The lowest BCUT2D eigenvalue weighted by atomic mass is 10.2. The Kier molecular flexibility index (Phi) is 4.50. The van der Waals surface area contributed by atoms with Gasteiger partial charge in [-0.15, -0.1) is 12.4 Å². The number of halogens is 1. The third kappa shape index (κ3) is 3.34. The zero-order valence-electron chi connectivity index (χ0n) is 10.7. The molecule has 1 aromatic heterocycles. The smallest absolute Gasteiger partial charge is 0.227 e. The van der Waals surface area contributed by atoms with Gasteiger partial charge in [-0.1, -0.05) is 6.07 Å². The lowest BCUT2D eigenvalue weighted by molar-refractivity contribution is 1.06. The van der Waals surface area contributed by atoms with E-state index in [1.165, 1.54) is 0 Å². The van der Waals surface area contributed by atoms with Crippen LogP contribution < -0.4 is 11.1 Å². The Balaban J connectivity index is 0.00000162. The number of nitrogens with zero attached hydrogens (tertiary/aromatic N) is 2. The summed E-state index contributed by atoms with van der Waals surface area (Å²) < 4.78 is 0. The maximum Gasteiger partial charge on any atom is 0.227 e. The molecule has 0 aliphatic heterocycles. The number of aromatic nitrogens is 2. The van der Waals surface area contributed by atoms with Gasteiger partial charge in [0.05, 0.1) is 0 Å². The monoisotopic (exact) mass is 264 g/mol. The lowest BCUT2D eigenvalue weighted by Gasteiger charge is -2.09. The molecule has 0 fully saturated rings. The average molecular weight is 265 g/mol. The molecular weight excluding hydrogens is 248 g/mol. The average Bonchev–Trinajstić information content (AvgIpc) is 2.22. The Bertz CT molecular complexity index is 534. The Morgan fingerprint density at radius 3 is 2.22 bits per heavy atom. The summed E-state index contributed by atoms with van der Waals surface area (Å²) in [7, 11) is 0. The van der Waals surface area contributed by atoms with Crippen LogP contribution in [0.2, 0.25) is 0 Å². The SMILES string of the molecule is Cc1cc(C)nc(Nc2cc(N)ccc2C)n1.Cl. The van der Waals surface area contributed by atoms with Gasteiger partial charge in [-0.2, -0.15) is 0 Å². The van der Waals surface area contributed by atoms with Crippen molar-refractivity contribution in [2.24, 2.45) is 0 Å². The lowest BCUT2D eigenvalue weighted by Crippen LogP contribution is -2.01. The minimum atomic E-state index is 0. The summed E-state index contributed by atoms with van der Waals surface area (Å²) in [6, 6.07) is 7.68. The second kappa shape index (κ2) is 5.69. The molecule has 1 aromatic carbocycles. The molecule has 0 amide bonds. The summed E-state index contributed by atoms with van der Waals surface area (Å²) in [5, 5.41) is 3.19. The molecule has 3 N–H and O–H groups in total. The van der Waals surface area contributed by atoms with Crippen molar-refractivity contribution in [3.63, 3.8) is 0 Å². The van der Waals surface area contributed by atoms with Crippen LogP contribution in [0.25, 0.3) is 0 Å². The first-order valence-corrected chi connectivity index (χ1v) is 5.50. The first-order chi connectivity index (χ1) is 8.04. The minimum Gasteiger partial charge on any atom is -0.399 e. The molecule has 0 saturated carbocycles. The Labute approximate surface area is 113 Å². The summed E-state index contributed by atoms with van der Waals surface area (Å²) in [5.74, 6) is 0.608. The molecule has 5 heteroatoms. The highest BCUT2D eigenvalue weighted by Crippen LogP contribution is 2.21. The Morgan fingerprint density at radius 2 is 1.61 bits per heavy atom. The van der Waals surface area contributed by atoms with Gasteiger partial charge in [0.25, 0.3) is 0 Å². The van der Waals surface area contributed by atoms with Crippen molar-refractivity contribution in [3.05, 3.63) is 41.2 Å². The van der Waals surface area contributed by atoms with Gasteiger partial charge in [0.15, 0.2) is 0 Å². The fourth-order valence-corrected chi connectivity index (χ4v) is 1.68. The van der Waals surface area contributed by atoms with E-state index in [9.17, 15) is 0 Å². The first-order valence-electron chi connectivity index (χ1n) is 5.50. The van der Waals surface area contributed by atoms with Crippen LogP contribution in [0.3, 0.4) is 0 Å². The standard InChI is InChI=1S/C13H16N4.ClH/c1-8-4-5-11(14)7-12(8)17-13-15-9(2)6-10(3)16-13;/h4-7H,14H2,1-3H3,(H,15,16,17);1H. The highest BCUT2D eigenvalue weighted by atomic mass is 35.5. The number of anilines is 3. The van der Waals surface area contributed by atoms with Crippen molar-refractivity contribution < 1.29 is 0 Å². The molecule has 0 saturated heterocycles. The number of nitrogens with two attached hydrogens (primary N) is 1. The third-order valence-corrected chi connectivity index (χ3v) is 2.49. The number of rotatable bonds is 2. The summed E-state index contributed by atoms with van der Waals surface area (Å²) in [6.45, 7) is 5.92. The van der Waals surface area contributed by atoms with Crippen molar-refractivity contribution in [2.75, 3.05) is 11.1 Å². The number of nitrogen functional groups attached to an aromatic ring is 1. The van der Waals surface area contributed by atoms with Crippen LogP contribution in [-0.4, -0.2) is 9.97 Å². The maximum absolute atomic E-state index is 5.76. The molecule has 2 rings (SSSR count). The van der Waals surface area contributed by atoms with Crippen molar-refractivity contribution in [1.82, 2.24) is 9.97 Å². The van der Waals surface area contributed by atoms with Crippen molar-refractivity contribution in [2.45, 2.75) is 20.8 Å². The molecule has 0 radical (unpaired) electrons. The molecular formula is C13H17ClN4. The van der Waals surface area contributed by atoms with E-state index in [0.29, 0.717) is 5.95 Å². The maximum atomic E-state index is 5.76.